The summed E-state index contributed by atoms with van der Waals surface area (Å²) < 4.78 is 12.8. The van der Waals surface area contributed by atoms with Gasteiger partial charge in [-0.25, -0.2) is 4.39 Å². The monoisotopic (exact) mass is 212 g/mol. The molecular weight excluding hydrogens is 203 g/mol. The van der Waals surface area contributed by atoms with Crippen LogP contribution >= 0.6 is 0 Å². The van der Waals surface area contributed by atoms with E-state index >= 15 is 0 Å². The number of hydrogen-bond donors (Lipinski definition) is 1. The molecule has 0 radical (unpaired) electrons. The van der Waals surface area contributed by atoms with Crippen molar-refractivity contribution in [2.24, 2.45) is 0 Å². The molecule has 0 fully saturated rings. The van der Waals surface area contributed by atoms with Crippen LogP contribution in [0.15, 0.2) is 42.5 Å². The van der Waals surface area contributed by atoms with Crippen LogP contribution in [0.5, 0.6) is 0 Å². The fourth-order valence-electron chi connectivity index (χ4n) is 1.53. The zero-order valence-electron chi connectivity index (χ0n) is 8.44. The maximum Gasteiger partial charge on any atom is 0.123 e. The molecule has 0 aliphatic heterocycles. The second kappa shape index (κ2) is 4.03. The summed E-state index contributed by atoms with van der Waals surface area (Å²) in [5, 5.41) is 8.81. The van der Waals surface area contributed by atoms with Crippen LogP contribution in [-0.4, -0.2) is 0 Å². The minimum atomic E-state index is -0.284. The largest absolute Gasteiger partial charge is 0.399 e. The average molecular weight is 212 g/mol. The fourth-order valence-corrected chi connectivity index (χ4v) is 1.53. The van der Waals surface area contributed by atoms with E-state index in [1.165, 1.54) is 12.1 Å². The molecule has 78 valence electrons. The lowest BCUT2D eigenvalue weighted by atomic mass is 10.0. The Morgan fingerprint density at radius 1 is 1.00 bits per heavy atom. The van der Waals surface area contributed by atoms with E-state index < -0.39 is 0 Å². The summed E-state index contributed by atoms with van der Waals surface area (Å²) in [6, 6.07) is 13.2. The lowest BCUT2D eigenvalue weighted by Gasteiger charge is -2.03. The molecule has 0 saturated heterocycles. The smallest absolute Gasteiger partial charge is 0.123 e. The summed E-state index contributed by atoms with van der Waals surface area (Å²) in [5.74, 6) is -0.284. The minimum absolute atomic E-state index is 0.284. The molecule has 2 nitrogen and oxygen atoms in total. The molecule has 0 bridgehead atoms. The molecule has 0 saturated carbocycles. The Hall–Kier alpha value is -2.34. The molecule has 2 rings (SSSR count). The summed E-state index contributed by atoms with van der Waals surface area (Å²) in [5.41, 5.74) is 8.36. The Labute approximate surface area is 92.8 Å². The van der Waals surface area contributed by atoms with Crippen molar-refractivity contribution in [3.63, 3.8) is 0 Å². The molecule has 2 aromatic rings. The molecule has 0 atom stereocenters. The Morgan fingerprint density at radius 3 is 2.31 bits per heavy atom. The van der Waals surface area contributed by atoms with Crippen LogP contribution < -0.4 is 5.73 Å². The van der Waals surface area contributed by atoms with Crippen LogP contribution in [-0.2, 0) is 0 Å². The van der Waals surface area contributed by atoms with Gasteiger partial charge < -0.3 is 5.73 Å². The van der Waals surface area contributed by atoms with Crippen molar-refractivity contribution in [3.8, 4) is 17.2 Å². The van der Waals surface area contributed by atoms with Gasteiger partial charge in [0.15, 0.2) is 0 Å². The quantitative estimate of drug-likeness (QED) is 0.739. The van der Waals surface area contributed by atoms with Gasteiger partial charge in [0, 0.05) is 5.69 Å². The number of anilines is 1. The molecule has 16 heavy (non-hydrogen) atoms. The normalized spacial score (nSPS) is 9.75. The van der Waals surface area contributed by atoms with Gasteiger partial charge in [-0.1, -0.05) is 12.1 Å². The molecule has 0 aliphatic carbocycles. The number of halogens is 1. The molecule has 0 aromatic heterocycles. The first-order valence-electron chi connectivity index (χ1n) is 4.75. The molecule has 0 amide bonds. The van der Waals surface area contributed by atoms with Gasteiger partial charge >= 0.3 is 0 Å². The van der Waals surface area contributed by atoms with Crippen LogP contribution in [0.1, 0.15) is 5.56 Å². The van der Waals surface area contributed by atoms with Gasteiger partial charge in [0.1, 0.15) is 5.82 Å². The number of nitrogen functional groups attached to an aromatic ring is 1. The van der Waals surface area contributed by atoms with Crippen molar-refractivity contribution in [1.29, 1.82) is 5.26 Å². The standard InChI is InChI=1S/C13H9FN2/c14-12-3-1-10(2-4-12)11-5-9(8-15)6-13(16)7-11/h1-7H,16H2. The van der Waals surface area contributed by atoms with E-state index in [1.807, 2.05) is 6.07 Å². The topological polar surface area (TPSA) is 49.8 Å². The van der Waals surface area contributed by atoms with E-state index in [0.29, 0.717) is 11.3 Å². The van der Waals surface area contributed by atoms with Crippen molar-refractivity contribution in [2.45, 2.75) is 0 Å². The predicted octanol–water partition coefficient (Wildman–Crippen LogP) is 2.95. The molecule has 3 heteroatoms. The van der Waals surface area contributed by atoms with E-state index in [-0.39, 0.29) is 5.82 Å². The first-order chi connectivity index (χ1) is 7.69. The van der Waals surface area contributed by atoms with Crippen molar-refractivity contribution in [3.05, 3.63) is 53.8 Å². The maximum absolute atomic E-state index is 12.8. The summed E-state index contributed by atoms with van der Waals surface area (Å²) in [6.45, 7) is 0. The zero-order valence-corrected chi connectivity index (χ0v) is 8.44. The highest BCUT2D eigenvalue weighted by Crippen LogP contribution is 2.23. The van der Waals surface area contributed by atoms with Gasteiger partial charge in [-0.15, -0.1) is 0 Å². The number of hydrogen-bond acceptors (Lipinski definition) is 2. The van der Waals surface area contributed by atoms with Crippen LogP contribution in [0.25, 0.3) is 11.1 Å². The molecule has 0 spiro atoms. The second-order valence-electron chi connectivity index (χ2n) is 3.46. The number of nitrogens with zero attached hydrogens (tertiary/aromatic N) is 1. The fraction of sp³-hybridized carbons (Fsp3) is 0. The second-order valence-corrected chi connectivity index (χ2v) is 3.46. The van der Waals surface area contributed by atoms with E-state index in [1.54, 1.807) is 30.3 Å². The number of benzene rings is 2. The third-order valence-corrected chi connectivity index (χ3v) is 2.26. The van der Waals surface area contributed by atoms with E-state index in [0.717, 1.165) is 11.1 Å². The van der Waals surface area contributed by atoms with Crippen LogP contribution in [0, 0.1) is 17.1 Å². The van der Waals surface area contributed by atoms with Crippen LogP contribution in [0.3, 0.4) is 0 Å². The number of nitrogens with two attached hydrogens (primary N) is 1. The minimum Gasteiger partial charge on any atom is -0.399 e. The van der Waals surface area contributed by atoms with Crippen LogP contribution in [0.4, 0.5) is 10.1 Å². The SMILES string of the molecule is N#Cc1cc(N)cc(-c2ccc(F)cc2)c1. The highest BCUT2D eigenvalue weighted by molar-refractivity contribution is 5.69. The predicted molar refractivity (Wildman–Crippen MR) is 61.0 cm³/mol. The number of rotatable bonds is 1. The third-order valence-electron chi connectivity index (χ3n) is 2.26. The Kier molecular flexibility index (Phi) is 2.57. The lowest BCUT2D eigenvalue weighted by molar-refractivity contribution is 0.628. The van der Waals surface area contributed by atoms with Gasteiger partial charge in [-0.05, 0) is 41.5 Å². The average Bonchev–Trinajstić information content (AvgIpc) is 2.29. The first-order valence-corrected chi connectivity index (χ1v) is 4.75. The first kappa shape index (κ1) is 10.2. The molecule has 0 heterocycles. The van der Waals surface area contributed by atoms with Crippen molar-refractivity contribution < 1.29 is 4.39 Å². The zero-order chi connectivity index (χ0) is 11.5. The Morgan fingerprint density at radius 2 is 1.69 bits per heavy atom. The molecule has 0 aliphatic rings. The van der Waals surface area contributed by atoms with Crippen molar-refractivity contribution >= 4 is 5.69 Å². The Balaban J connectivity index is 2.52. The summed E-state index contributed by atoms with van der Waals surface area (Å²) in [6.07, 6.45) is 0. The maximum atomic E-state index is 12.8. The summed E-state index contributed by atoms with van der Waals surface area (Å²) in [7, 11) is 0. The van der Waals surface area contributed by atoms with Crippen molar-refractivity contribution in [1.82, 2.24) is 0 Å². The van der Waals surface area contributed by atoms with E-state index in [4.69, 9.17) is 11.0 Å². The van der Waals surface area contributed by atoms with Gasteiger partial charge in [-0.3, -0.25) is 0 Å². The lowest BCUT2D eigenvalue weighted by Crippen LogP contribution is -1.88. The highest BCUT2D eigenvalue weighted by Gasteiger charge is 2.01. The summed E-state index contributed by atoms with van der Waals surface area (Å²) in [4.78, 5) is 0. The van der Waals surface area contributed by atoms with E-state index in [9.17, 15) is 4.39 Å². The highest BCUT2D eigenvalue weighted by atomic mass is 19.1. The van der Waals surface area contributed by atoms with Crippen LogP contribution in [0.2, 0.25) is 0 Å². The summed E-state index contributed by atoms with van der Waals surface area (Å²) >= 11 is 0. The molecule has 0 unspecified atom stereocenters. The van der Waals surface area contributed by atoms with Gasteiger partial charge in [0.05, 0.1) is 11.6 Å². The number of nitriles is 1. The Bertz CT molecular complexity index is 553. The van der Waals surface area contributed by atoms with E-state index in [2.05, 4.69) is 0 Å². The van der Waals surface area contributed by atoms with Gasteiger partial charge in [-0.2, -0.15) is 5.26 Å². The molecular formula is C13H9FN2. The molecule has 2 aromatic carbocycles. The van der Waals surface area contributed by atoms with Crippen molar-refractivity contribution in [2.75, 3.05) is 5.73 Å². The third kappa shape index (κ3) is 2.01. The molecule has 2 N–H and O–H groups in total. The van der Waals surface area contributed by atoms with Gasteiger partial charge in [0.2, 0.25) is 0 Å². The van der Waals surface area contributed by atoms with Gasteiger partial charge in [0.25, 0.3) is 0 Å².